The number of likely N-dealkylation sites (tertiary alicyclic amines) is 1. The zero-order chi connectivity index (χ0) is 16.8. The zero-order valence-electron chi connectivity index (χ0n) is 14.8. The van der Waals surface area contributed by atoms with Crippen molar-refractivity contribution in [1.29, 1.82) is 0 Å². The molecule has 0 spiro atoms. The number of rotatable bonds is 4. The molecule has 0 saturated carbocycles. The van der Waals surface area contributed by atoms with E-state index in [2.05, 4.69) is 46.0 Å². The third kappa shape index (κ3) is 4.95. The molecule has 132 valence electrons. The first-order chi connectivity index (χ1) is 11.7. The molecular formula is C19H30N4O. The van der Waals surface area contributed by atoms with Gasteiger partial charge in [0.2, 0.25) is 0 Å². The van der Waals surface area contributed by atoms with Crippen molar-refractivity contribution in [3.63, 3.8) is 0 Å². The molecule has 2 aliphatic heterocycles. The molecule has 2 aliphatic rings. The maximum atomic E-state index is 6.20. The van der Waals surface area contributed by atoms with Crippen molar-refractivity contribution >= 4 is 5.96 Å². The van der Waals surface area contributed by atoms with Gasteiger partial charge < -0.3 is 15.4 Å². The van der Waals surface area contributed by atoms with E-state index in [-0.39, 0.29) is 0 Å². The molecule has 0 amide bonds. The van der Waals surface area contributed by atoms with Crippen LogP contribution < -0.4 is 5.73 Å². The van der Waals surface area contributed by atoms with E-state index in [1.807, 2.05) is 0 Å². The van der Waals surface area contributed by atoms with Crippen LogP contribution in [0.1, 0.15) is 30.9 Å². The number of nitrogens with two attached hydrogens (primary N) is 1. The second kappa shape index (κ2) is 8.49. The molecule has 2 saturated heterocycles. The molecule has 1 unspecified atom stereocenters. The maximum absolute atomic E-state index is 6.20. The fraction of sp³-hybridized carbons (Fsp3) is 0.632. The van der Waals surface area contributed by atoms with Crippen molar-refractivity contribution in [3.8, 4) is 0 Å². The first-order valence-electron chi connectivity index (χ1n) is 9.13. The lowest BCUT2D eigenvalue weighted by Gasteiger charge is -2.31. The molecule has 0 aliphatic carbocycles. The molecule has 24 heavy (non-hydrogen) atoms. The Morgan fingerprint density at radius 1 is 1.25 bits per heavy atom. The van der Waals surface area contributed by atoms with Gasteiger partial charge in [-0.05, 0) is 29.9 Å². The third-order valence-corrected chi connectivity index (χ3v) is 4.91. The van der Waals surface area contributed by atoms with E-state index in [0.717, 1.165) is 45.9 Å². The SMILES string of the molecule is CC1CCCN(C(N)=NCc2cccc(CN3CCOCC3)c2)C1. The Morgan fingerprint density at radius 3 is 2.83 bits per heavy atom. The van der Waals surface area contributed by atoms with Crippen LogP contribution in [0, 0.1) is 5.92 Å². The van der Waals surface area contributed by atoms with Gasteiger partial charge in [0.05, 0.1) is 19.8 Å². The summed E-state index contributed by atoms with van der Waals surface area (Å²) in [5.41, 5.74) is 8.77. The van der Waals surface area contributed by atoms with Crippen LogP contribution in [0.3, 0.4) is 0 Å². The van der Waals surface area contributed by atoms with Crippen molar-refractivity contribution in [2.75, 3.05) is 39.4 Å². The number of nitrogens with zero attached hydrogens (tertiary/aromatic N) is 3. The summed E-state index contributed by atoms with van der Waals surface area (Å²) < 4.78 is 5.41. The van der Waals surface area contributed by atoms with Crippen LogP contribution in [-0.2, 0) is 17.8 Å². The van der Waals surface area contributed by atoms with Gasteiger partial charge >= 0.3 is 0 Å². The molecule has 1 aromatic rings. The Hall–Kier alpha value is -1.59. The van der Waals surface area contributed by atoms with E-state index in [1.54, 1.807) is 0 Å². The van der Waals surface area contributed by atoms with Gasteiger partial charge in [0.15, 0.2) is 5.96 Å². The van der Waals surface area contributed by atoms with Crippen molar-refractivity contribution in [3.05, 3.63) is 35.4 Å². The highest BCUT2D eigenvalue weighted by molar-refractivity contribution is 5.78. The summed E-state index contributed by atoms with van der Waals surface area (Å²) in [5.74, 6) is 1.41. The van der Waals surface area contributed by atoms with Crippen molar-refractivity contribution < 1.29 is 4.74 Å². The van der Waals surface area contributed by atoms with Crippen LogP contribution in [0.25, 0.3) is 0 Å². The molecule has 3 rings (SSSR count). The van der Waals surface area contributed by atoms with Crippen LogP contribution in [0.5, 0.6) is 0 Å². The van der Waals surface area contributed by atoms with Gasteiger partial charge in [0.1, 0.15) is 0 Å². The van der Waals surface area contributed by atoms with Gasteiger partial charge in [-0.25, -0.2) is 4.99 Å². The minimum Gasteiger partial charge on any atom is -0.379 e. The molecule has 2 heterocycles. The van der Waals surface area contributed by atoms with Gasteiger partial charge in [-0.3, -0.25) is 4.90 Å². The third-order valence-electron chi connectivity index (χ3n) is 4.91. The summed E-state index contributed by atoms with van der Waals surface area (Å²) in [7, 11) is 0. The summed E-state index contributed by atoms with van der Waals surface area (Å²) in [6, 6.07) is 8.71. The lowest BCUT2D eigenvalue weighted by atomic mass is 10.0. The molecule has 0 radical (unpaired) electrons. The van der Waals surface area contributed by atoms with Gasteiger partial charge in [0, 0.05) is 32.7 Å². The van der Waals surface area contributed by atoms with Gasteiger partial charge in [-0.15, -0.1) is 0 Å². The molecule has 1 aromatic carbocycles. The number of benzene rings is 1. The summed E-state index contributed by atoms with van der Waals surface area (Å²) >= 11 is 0. The fourth-order valence-electron chi connectivity index (χ4n) is 3.51. The first kappa shape index (κ1) is 17.2. The number of ether oxygens (including phenoxy) is 1. The topological polar surface area (TPSA) is 54.1 Å². The summed E-state index contributed by atoms with van der Waals surface area (Å²) in [5, 5.41) is 0. The van der Waals surface area contributed by atoms with Crippen LogP contribution in [0.4, 0.5) is 0 Å². The van der Waals surface area contributed by atoms with Gasteiger partial charge in [-0.2, -0.15) is 0 Å². The number of morpholine rings is 1. The molecule has 5 nitrogen and oxygen atoms in total. The largest absolute Gasteiger partial charge is 0.379 e. The highest BCUT2D eigenvalue weighted by Crippen LogP contribution is 2.15. The van der Waals surface area contributed by atoms with Crippen LogP contribution in [0.2, 0.25) is 0 Å². The quantitative estimate of drug-likeness (QED) is 0.678. The van der Waals surface area contributed by atoms with Crippen LogP contribution in [-0.4, -0.2) is 55.2 Å². The monoisotopic (exact) mass is 330 g/mol. The highest BCUT2D eigenvalue weighted by atomic mass is 16.5. The predicted molar refractivity (Wildman–Crippen MR) is 97.8 cm³/mol. The highest BCUT2D eigenvalue weighted by Gasteiger charge is 2.17. The van der Waals surface area contributed by atoms with Crippen molar-refractivity contribution in [2.45, 2.75) is 32.9 Å². The lowest BCUT2D eigenvalue weighted by molar-refractivity contribution is 0.0342. The Bertz CT molecular complexity index is 554. The van der Waals surface area contributed by atoms with E-state index in [1.165, 1.54) is 24.0 Å². The summed E-state index contributed by atoms with van der Waals surface area (Å²) in [6.07, 6.45) is 2.51. The Balaban J connectivity index is 1.56. The number of hydrogen-bond donors (Lipinski definition) is 1. The van der Waals surface area contributed by atoms with Crippen molar-refractivity contribution in [1.82, 2.24) is 9.80 Å². The van der Waals surface area contributed by atoms with E-state index in [4.69, 9.17) is 10.5 Å². The van der Waals surface area contributed by atoms with Gasteiger partial charge in [-0.1, -0.05) is 31.2 Å². The van der Waals surface area contributed by atoms with Crippen LogP contribution >= 0.6 is 0 Å². The van der Waals surface area contributed by atoms with E-state index >= 15 is 0 Å². The van der Waals surface area contributed by atoms with E-state index < -0.39 is 0 Å². The number of piperidine rings is 1. The summed E-state index contributed by atoms with van der Waals surface area (Å²) in [6.45, 7) is 9.72. The van der Waals surface area contributed by atoms with Gasteiger partial charge in [0.25, 0.3) is 0 Å². The normalized spacial score (nSPS) is 23.5. The average molecular weight is 330 g/mol. The van der Waals surface area contributed by atoms with E-state index in [9.17, 15) is 0 Å². The minimum absolute atomic E-state index is 0.660. The molecule has 0 bridgehead atoms. The van der Waals surface area contributed by atoms with Crippen molar-refractivity contribution in [2.24, 2.45) is 16.6 Å². The zero-order valence-corrected chi connectivity index (χ0v) is 14.8. The molecule has 2 N–H and O–H groups in total. The standard InChI is InChI=1S/C19H30N4O/c1-16-4-3-7-23(14-16)19(20)21-13-17-5-2-6-18(12-17)15-22-8-10-24-11-9-22/h2,5-6,12,16H,3-4,7-11,13-15H2,1H3,(H2,20,21). The molecule has 1 atom stereocenters. The average Bonchev–Trinajstić information content (AvgIpc) is 2.61. The Morgan fingerprint density at radius 2 is 2.04 bits per heavy atom. The smallest absolute Gasteiger partial charge is 0.191 e. The molecule has 0 aromatic heterocycles. The Kier molecular flexibility index (Phi) is 6.10. The molecular weight excluding hydrogens is 300 g/mol. The number of guanidine groups is 1. The lowest BCUT2D eigenvalue weighted by Crippen LogP contribution is -2.43. The second-order valence-electron chi connectivity index (χ2n) is 7.08. The first-order valence-corrected chi connectivity index (χ1v) is 9.13. The summed E-state index contributed by atoms with van der Waals surface area (Å²) in [4.78, 5) is 9.29. The number of hydrogen-bond acceptors (Lipinski definition) is 3. The predicted octanol–water partition coefficient (Wildman–Crippen LogP) is 2.07. The molecule has 5 heteroatoms. The number of aliphatic imine (C=N–C) groups is 1. The van der Waals surface area contributed by atoms with Crippen LogP contribution in [0.15, 0.2) is 29.3 Å². The minimum atomic E-state index is 0.660. The fourth-order valence-corrected chi connectivity index (χ4v) is 3.51. The van der Waals surface area contributed by atoms with E-state index in [0.29, 0.717) is 18.4 Å². The second-order valence-corrected chi connectivity index (χ2v) is 7.08. The Labute approximate surface area is 145 Å². The maximum Gasteiger partial charge on any atom is 0.191 e. The molecule has 2 fully saturated rings.